The number of carbonyl (C=O) groups is 1. The van der Waals surface area contributed by atoms with E-state index in [0.717, 1.165) is 6.34 Å². The number of hydrogen-bond donors (Lipinski definition) is 4. The second-order valence-electron chi connectivity index (χ2n) is 9.27. The molecule has 2 unspecified atom stereocenters. The summed E-state index contributed by atoms with van der Waals surface area (Å²) in [6, 6.07) is 9.34. The van der Waals surface area contributed by atoms with Gasteiger partial charge in [-0.05, 0) is 43.7 Å². The Morgan fingerprint density at radius 3 is 2.67 bits per heavy atom. The summed E-state index contributed by atoms with van der Waals surface area (Å²) in [4.78, 5) is 27.2. The number of carbonyl (C=O) groups excluding carboxylic acids is 1. The van der Waals surface area contributed by atoms with Gasteiger partial charge in [0, 0.05) is 36.8 Å². The number of nitrogens with two attached hydrogens (primary N) is 1. The van der Waals surface area contributed by atoms with Gasteiger partial charge in [-0.25, -0.2) is 23.1 Å². The first-order valence-electron chi connectivity index (χ1n) is 12.3. The summed E-state index contributed by atoms with van der Waals surface area (Å²) in [5.74, 6) is -2.99. The molecule has 4 aromatic rings. The van der Waals surface area contributed by atoms with E-state index in [1.807, 2.05) is 0 Å². The number of amides is 1. The molecule has 0 spiro atoms. The lowest BCUT2D eigenvalue weighted by Gasteiger charge is -2.36. The summed E-state index contributed by atoms with van der Waals surface area (Å²) in [6.07, 6.45) is 3.44. The first-order valence-corrected chi connectivity index (χ1v) is 12.3. The van der Waals surface area contributed by atoms with Gasteiger partial charge in [0.25, 0.3) is 5.92 Å². The average molecular weight is 553 g/mol. The molecule has 10 nitrogen and oxygen atoms in total. The van der Waals surface area contributed by atoms with Gasteiger partial charge in [-0.2, -0.15) is 0 Å². The third-order valence-corrected chi connectivity index (χ3v) is 6.35. The Balaban J connectivity index is 0.000000398. The van der Waals surface area contributed by atoms with Gasteiger partial charge in [0.2, 0.25) is 6.41 Å². The van der Waals surface area contributed by atoms with Crippen LogP contribution in [0.2, 0.25) is 0 Å². The molecular formula is C27H27F3N8O2. The minimum atomic E-state index is -3.01. The number of aromatic nitrogens is 4. The minimum Gasteiger partial charge on any atom is -0.507 e. The van der Waals surface area contributed by atoms with Gasteiger partial charge < -0.3 is 20.7 Å². The molecule has 3 aromatic heterocycles. The number of fused-ring (bicyclic) bond motifs is 1. The maximum Gasteiger partial charge on any atom is 0.252 e. The van der Waals surface area contributed by atoms with Crippen LogP contribution in [0.5, 0.6) is 5.75 Å². The molecule has 0 bridgehead atoms. The van der Waals surface area contributed by atoms with Crippen LogP contribution in [-0.4, -0.2) is 55.2 Å². The van der Waals surface area contributed by atoms with Gasteiger partial charge in [0.15, 0.2) is 5.84 Å². The van der Waals surface area contributed by atoms with Gasteiger partial charge in [-0.3, -0.25) is 20.2 Å². The Hall–Kier alpha value is -4.81. The first kappa shape index (κ1) is 28.2. The smallest absolute Gasteiger partial charge is 0.252 e. The predicted molar refractivity (Wildman–Crippen MR) is 144 cm³/mol. The zero-order valence-electron chi connectivity index (χ0n) is 21.4. The number of phenols is 1. The van der Waals surface area contributed by atoms with Crippen molar-refractivity contribution in [2.45, 2.75) is 44.2 Å². The number of pyridine rings is 2. The second kappa shape index (κ2) is 11.9. The van der Waals surface area contributed by atoms with Crippen LogP contribution < -0.4 is 11.1 Å². The van der Waals surface area contributed by atoms with E-state index in [0.29, 0.717) is 34.5 Å². The van der Waals surface area contributed by atoms with E-state index >= 15 is 0 Å². The van der Waals surface area contributed by atoms with Crippen LogP contribution >= 0.6 is 0 Å². The zero-order valence-corrected chi connectivity index (χ0v) is 21.4. The summed E-state index contributed by atoms with van der Waals surface area (Å²) >= 11 is 0. The summed E-state index contributed by atoms with van der Waals surface area (Å²) in [6.45, 7) is 1.75. The fourth-order valence-corrected chi connectivity index (χ4v) is 4.71. The maximum absolute atomic E-state index is 14.6. The van der Waals surface area contributed by atoms with Gasteiger partial charge in [0.1, 0.15) is 34.9 Å². The molecule has 2 atom stereocenters. The van der Waals surface area contributed by atoms with Crippen LogP contribution in [0.1, 0.15) is 36.7 Å². The molecule has 0 aliphatic heterocycles. The molecule has 1 aromatic carbocycles. The SMILES string of the molecule is Cc1cc(F)ccn1.N=CN=C(N)c1cc2c(cn1)nc(-c1ccccc1O)n2C1CC(NC=O)CC(F)(F)C1. The highest BCUT2D eigenvalue weighted by molar-refractivity contribution is 6.01. The molecule has 5 N–H and O–H groups in total. The van der Waals surface area contributed by atoms with Crippen molar-refractivity contribution in [3.8, 4) is 17.1 Å². The van der Waals surface area contributed by atoms with Gasteiger partial charge in [-0.15, -0.1) is 0 Å². The van der Waals surface area contributed by atoms with Crippen LogP contribution in [0, 0.1) is 18.2 Å². The Bertz CT molecular complexity index is 1540. The topological polar surface area (TPSA) is 155 Å². The van der Waals surface area contributed by atoms with E-state index in [9.17, 15) is 23.1 Å². The van der Waals surface area contributed by atoms with Crippen molar-refractivity contribution in [3.63, 3.8) is 0 Å². The molecule has 208 valence electrons. The maximum atomic E-state index is 14.6. The van der Waals surface area contributed by atoms with Crippen molar-refractivity contribution in [1.29, 1.82) is 5.41 Å². The Kier molecular flexibility index (Phi) is 8.41. The van der Waals surface area contributed by atoms with Crippen molar-refractivity contribution < 1.29 is 23.1 Å². The van der Waals surface area contributed by atoms with Crippen LogP contribution in [0.15, 0.2) is 59.9 Å². The van der Waals surface area contributed by atoms with Crippen molar-refractivity contribution >= 4 is 29.6 Å². The number of amidine groups is 1. The van der Waals surface area contributed by atoms with Gasteiger partial charge >= 0.3 is 0 Å². The second-order valence-corrected chi connectivity index (χ2v) is 9.27. The largest absolute Gasteiger partial charge is 0.507 e. The number of nitrogens with one attached hydrogen (secondary N) is 2. The van der Waals surface area contributed by atoms with E-state index in [1.165, 1.54) is 30.6 Å². The van der Waals surface area contributed by atoms with Crippen molar-refractivity contribution in [1.82, 2.24) is 24.8 Å². The predicted octanol–water partition coefficient (Wildman–Crippen LogP) is 4.12. The number of halogens is 3. The lowest BCUT2D eigenvalue weighted by molar-refractivity contribution is -0.112. The molecule has 1 aliphatic carbocycles. The third kappa shape index (κ3) is 6.42. The Morgan fingerprint density at radius 1 is 1.25 bits per heavy atom. The third-order valence-electron chi connectivity index (χ3n) is 6.35. The number of nitrogens with zero attached hydrogens (tertiary/aromatic N) is 5. The molecule has 1 fully saturated rings. The lowest BCUT2D eigenvalue weighted by atomic mass is 9.87. The van der Waals surface area contributed by atoms with Crippen LogP contribution in [0.4, 0.5) is 13.2 Å². The summed E-state index contributed by atoms with van der Waals surface area (Å²) in [5.41, 5.74) is 8.11. The average Bonchev–Trinajstić information content (AvgIpc) is 3.27. The van der Waals surface area contributed by atoms with Crippen molar-refractivity contribution in [2.75, 3.05) is 0 Å². The molecule has 40 heavy (non-hydrogen) atoms. The lowest BCUT2D eigenvalue weighted by Crippen LogP contribution is -2.42. The number of imidazole rings is 1. The molecule has 13 heteroatoms. The molecule has 1 amide bonds. The molecule has 0 saturated heterocycles. The summed E-state index contributed by atoms with van der Waals surface area (Å²) in [7, 11) is 0. The van der Waals surface area contributed by atoms with Crippen LogP contribution in [0.3, 0.4) is 0 Å². The highest BCUT2D eigenvalue weighted by Crippen LogP contribution is 2.43. The number of aliphatic imine (C=N–C) groups is 1. The quantitative estimate of drug-likeness (QED) is 0.160. The monoisotopic (exact) mass is 552 g/mol. The van der Waals surface area contributed by atoms with E-state index in [4.69, 9.17) is 11.1 Å². The van der Waals surface area contributed by atoms with Crippen molar-refractivity contribution in [3.05, 3.63) is 72.1 Å². The van der Waals surface area contributed by atoms with Crippen LogP contribution in [0.25, 0.3) is 22.4 Å². The van der Waals surface area contributed by atoms with E-state index in [-0.39, 0.29) is 29.5 Å². The zero-order chi connectivity index (χ0) is 28.9. The summed E-state index contributed by atoms with van der Waals surface area (Å²) < 4.78 is 43.0. The molecule has 5 rings (SSSR count). The molecule has 3 heterocycles. The minimum absolute atomic E-state index is 0.00627. The highest BCUT2D eigenvalue weighted by atomic mass is 19.3. The number of hydrogen-bond acceptors (Lipinski definition) is 6. The number of benzene rings is 1. The van der Waals surface area contributed by atoms with E-state index < -0.39 is 30.8 Å². The standard InChI is InChI=1S/C21H21F2N7O2.C6H6FN/c22-21(23)7-12(28-11-31)5-13(8-21)30-17-6-15(19(25)27-10-24)26-9-16(17)29-20(30)14-3-1-2-4-18(14)32;1-5-4-6(7)2-3-8-5/h1-4,6,9-13,32H,5,7-8H2,(H,28,31)(H3,24,25,27);2-4H,1H3. The fourth-order valence-electron chi connectivity index (χ4n) is 4.71. The summed E-state index contributed by atoms with van der Waals surface area (Å²) in [5, 5.41) is 20.0. The number of alkyl halides is 2. The molecular weight excluding hydrogens is 525 g/mol. The van der Waals surface area contributed by atoms with E-state index in [1.54, 1.807) is 35.8 Å². The highest BCUT2D eigenvalue weighted by Gasteiger charge is 2.43. The number of rotatable bonds is 6. The Morgan fingerprint density at radius 2 is 2.02 bits per heavy atom. The number of aryl methyl sites for hydroxylation is 1. The van der Waals surface area contributed by atoms with Gasteiger partial charge in [-0.1, -0.05) is 12.1 Å². The molecule has 1 saturated carbocycles. The molecule has 0 radical (unpaired) electrons. The van der Waals surface area contributed by atoms with E-state index in [2.05, 4.69) is 25.3 Å². The number of para-hydroxylation sites is 1. The van der Waals surface area contributed by atoms with Crippen LogP contribution in [-0.2, 0) is 4.79 Å². The number of aromatic hydroxyl groups is 1. The number of phenolic OH excluding ortho intramolecular Hbond substituents is 1. The first-order chi connectivity index (χ1) is 19.1. The fraction of sp³-hybridized carbons (Fsp3) is 0.259. The Labute approximate surface area is 227 Å². The van der Waals surface area contributed by atoms with Gasteiger partial charge in [0.05, 0.1) is 17.3 Å². The normalized spacial score (nSPS) is 18.4. The molecule has 1 aliphatic rings. The van der Waals surface area contributed by atoms with Crippen molar-refractivity contribution in [2.24, 2.45) is 10.7 Å².